The molecule has 0 aliphatic rings. The number of nitrogens with one attached hydrogen (secondary N) is 1. The summed E-state index contributed by atoms with van der Waals surface area (Å²) in [6.07, 6.45) is -3.24. The van der Waals surface area contributed by atoms with Gasteiger partial charge in [-0.05, 0) is 30.3 Å². The van der Waals surface area contributed by atoms with Crippen molar-refractivity contribution in [1.82, 2.24) is 14.8 Å². The van der Waals surface area contributed by atoms with Crippen molar-refractivity contribution in [2.24, 2.45) is 7.05 Å². The van der Waals surface area contributed by atoms with Gasteiger partial charge < -0.3 is 5.32 Å². The third kappa shape index (κ3) is 4.09. The monoisotopic (exact) mass is 432 g/mol. The van der Waals surface area contributed by atoms with E-state index in [1.165, 1.54) is 31.4 Å². The maximum absolute atomic E-state index is 14.0. The Hall–Kier alpha value is -3.82. The second kappa shape index (κ2) is 7.46. The van der Waals surface area contributed by atoms with Crippen molar-refractivity contribution in [3.8, 4) is 11.1 Å². The lowest BCUT2D eigenvalue weighted by Gasteiger charge is -2.08. The molecular weight excluding hydrogens is 419 g/mol. The molecule has 0 aliphatic carbocycles. The standard InChI is InChI=1S/C21H13F5N4O/c1-30-19(9-18(29-30)21(24,25)26)28-20(31)12-3-2-11-6-13(10-27-17(11)7-12)15-5-4-14(22)8-16(15)23/h2-10H,1H3,(H,28,31). The fourth-order valence-corrected chi connectivity index (χ4v) is 3.04. The number of pyridine rings is 1. The summed E-state index contributed by atoms with van der Waals surface area (Å²) >= 11 is 0. The number of aryl methyl sites for hydroxylation is 1. The molecule has 2 aromatic carbocycles. The van der Waals surface area contributed by atoms with E-state index in [2.05, 4.69) is 15.4 Å². The van der Waals surface area contributed by atoms with Crippen LogP contribution in [0.15, 0.2) is 54.7 Å². The molecule has 0 bridgehead atoms. The molecule has 2 aromatic heterocycles. The third-order valence-electron chi connectivity index (χ3n) is 4.60. The van der Waals surface area contributed by atoms with Gasteiger partial charge in [0.25, 0.3) is 5.91 Å². The number of anilines is 1. The maximum atomic E-state index is 14.0. The van der Waals surface area contributed by atoms with Crippen LogP contribution in [0.4, 0.5) is 27.8 Å². The second-order valence-corrected chi connectivity index (χ2v) is 6.75. The Morgan fingerprint density at radius 1 is 1.03 bits per heavy atom. The summed E-state index contributed by atoms with van der Waals surface area (Å²) < 4.78 is 66.4. The smallest absolute Gasteiger partial charge is 0.307 e. The zero-order valence-electron chi connectivity index (χ0n) is 15.8. The van der Waals surface area contributed by atoms with Gasteiger partial charge in [0.2, 0.25) is 0 Å². The topological polar surface area (TPSA) is 59.8 Å². The molecule has 5 nitrogen and oxygen atoms in total. The minimum absolute atomic E-state index is 0.118. The Bertz CT molecular complexity index is 1310. The number of hydrogen-bond acceptors (Lipinski definition) is 3. The van der Waals surface area contributed by atoms with Gasteiger partial charge in [-0.25, -0.2) is 8.78 Å². The molecule has 1 N–H and O–H groups in total. The fourth-order valence-electron chi connectivity index (χ4n) is 3.04. The van der Waals surface area contributed by atoms with Crippen molar-refractivity contribution in [1.29, 1.82) is 0 Å². The lowest BCUT2D eigenvalue weighted by Crippen LogP contribution is -2.14. The molecule has 0 spiro atoms. The van der Waals surface area contributed by atoms with E-state index in [1.807, 2.05) is 0 Å². The molecule has 31 heavy (non-hydrogen) atoms. The number of fused-ring (bicyclic) bond motifs is 1. The van der Waals surface area contributed by atoms with Crippen molar-refractivity contribution in [2.45, 2.75) is 6.18 Å². The first-order chi connectivity index (χ1) is 14.6. The van der Waals surface area contributed by atoms with Crippen molar-refractivity contribution in [3.05, 3.63) is 77.6 Å². The Balaban J connectivity index is 1.61. The summed E-state index contributed by atoms with van der Waals surface area (Å²) in [7, 11) is 1.28. The molecule has 0 saturated carbocycles. The lowest BCUT2D eigenvalue weighted by atomic mass is 10.0. The average Bonchev–Trinajstić information content (AvgIpc) is 3.08. The van der Waals surface area contributed by atoms with Crippen LogP contribution in [0, 0.1) is 11.6 Å². The minimum atomic E-state index is -4.63. The second-order valence-electron chi connectivity index (χ2n) is 6.75. The van der Waals surface area contributed by atoms with E-state index in [0.717, 1.165) is 22.9 Å². The third-order valence-corrected chi connectivity index (χ3v) is 4.60. The van der Waals surface area contributed by atoms with Gasteiger partial charge in [0.05, 0.1) is 5.52 Å². The molecule has 10 heteroatoms. The van der Waals surface area contributed by atoms with Crippen molar-refractivity contribution < 1.29 is 26.7 Å². The van der Waals surface area contributed by atoms with Crippen LogP contribution in [0.5, 0.6) is 0 Å². The highest BCUT2D eigenvalue weighted by atomic mass is 19.4. The van der Waals surface area contributed by atoms with Gasteiger partial charge in [0.1, 0.15) is 17.5 Å². The van der Waals surface area contributed by atoms with Crippen LogP contribution in [0.3, 0.4) is 0 Å². The average molecular weight is 432 g/mol. The van der Waals surface area contributed by atoms with Crippen LogP contribution >= 0.6 is 0 Å². The van der Waals surface area contributed by atoms with Crippen molar-refractivity contribution >= 4 is 22.6 Å². The number of benzene rings is 2. The van der Waals surface area contributed by atoms with Crippen LogP contribution in [-0.2, 0) is 13.2 Å². The van der Waals surface area contributed by atoms with E-state index >= 15 is 0 Å². The lowest BCUT2D eigenvalue weighted by molar-refractivity contribution is -0.141. The Morgan fingerprint density at radius 3 is 2.48 bits per heavy atom. The first-order valence-electron chi connectivity index (χ1n) is 8.89. The van der Waals surface area contributed by atoms with Gasteiger partial charge in [0.15, 0.2) is 5.69 Å². The van der Waals surface area contributed by atoms with E-state index in [4.69, 9.17) is 0 Å². The molecule has 0 saturated heterocycles. The van der Waals surface area contributed by atoms with Gasteiger partial charge in [-0.2, -0.15) is 18.3 Å². The number of rotatable bonds is 3. The summed E-state index contributed by atoms with van der Waals surface area (Å²) in [6.45, 7) is 0. The van der Waals surface area contributed by atoms with E-state index in [-0.39, 0.29) is 16.9 Å². The molecule has 1 amide bonds. The van der Waals surface area contributed by atoms with Gasteiger partial charge >= 0.3 is 6.18 Å². The highest BCUT2D eigenvalue weighted by Gasteiger charge is 2.34. The summed E-state index contributed by atoms with van der Waals surface area (Å²) in [5.74, 6) is -2.19. The first-order valence-corrected chi connectivity index (χ1v) is 8.89. The van der Waals surface area contributed by atoms with Gasteiger partial charge in [-0.1, -0.05) is 6.07 Å². The van der Waals surface area contributed by atoms with E-state index < -0.39 is 29.4 Å². The molecule has 0 radical (unpaired) electrons. The maximum Gasteiger partial charge on any atom is 0.435 e. The fraction of sp³-hybridized carbons (Fsp3) is 0.0952. The summed E-state index contributed by atoms with van der Waals surface area (Å²) in [5, 5.41) is 6.32. The molecule has 0 unspecified atom stereocenters. The highest BCUT2D eigenvalue weighted by Crippen LogP contribution is 2.30. The number of hydrogen-bond donors (Lipinski definition) is 1. The van der Waals surface area contributed by atoms with Crippen LogP contribution in [0.25, 0.3) is 22.0 Å². The molecule has 2 heterocycles. The van der Waals surface area contributed by atoms with Crippen molar-refractivity contribution in [3.63, 3.8) is 0 Å². The van der Waals surface area contributed by atoms with Crippen LogP contribution in [0.2, 0.25) is 0 Å². The number of carbonyl (C=O) groups excluding carboxylic acids is 1. The molecule has 4 aromatic rings. The predicted molar refractivity (Wildman–Crippen MR) is 103 cm³/mol. The number of carbonyl (C=O) groups is 1. The number of aromatic nitrogens is 3. The summed E-state index contributed by atoms with van der Waals surface area (Å²) in [4.78, 5) is 16.7. The molecule has 0 aliphatic heterocycles. The quantitative estimate of drug-likeness (QED) is 0.454. The number of halogens is 5. The Morgan fingerprint density at radius 2 is 1.81 bits per heavy atom. The van der Waals surface area contributed by atoms with E-state index in [1.54, 1.807) is 12.1 Å². The van der Waals surface area contributed by atoms with E-state index in [0.29, 0.717) is 16.5 Å². The van der Waals surface area contributed by atoms with Gasteiger partial charge in [-0.15, -0.1) is 0 Å². The largest absolute Gasteiger partial charge is 0.435 e. The van der Waals surface area contributed by atoms with E-state index in [9.17, 15) is 26.7 Å². The van der Waals surface area contributed by atoms with Crippen molar-refractivity contribution in [2.75, 3.05) is 5.32 Å². The highest BCUT2D eigenvalue weighted by molar-refractivity contribution is 6.05. The summed E-state index contributed by atoms with van der Waals surface area (Å²) in [6, 6.07) is 10.1. The Labute approximate surface area is 172 Å². The molecular formula is C21H13F5N4O. The molecule has 0 atom stereocenters. The van der Waals surface area contributed by atoms with Crippen LogP contribution in [0.1, 0.15) is 16.1 Å². The zero-order chi connectivity index (χ0) is 22.3. The van der Waals surface area contributed by atoms with Gasteiger partial charge in [0, 0.05) is 47.5 Å². The first kappa shape index (κ1) is 20.5. The molecule has 4 rings (SSSR count). The number of amides is 1. The van der Waals surface area contributed by atoms with Gasteiger partial charge in [-0.3, -0.25) is 14.5 Å². The molecule has 0 fully saturated rings. The van der Waals surface area contributed by atoms with Crippen LogP contribution < -0.4 is 5.32 Å². The number of alkyl halides is 3. The minimum Gasteiger partial charge on any atom is -0.307 e. The normalized spacial score (nSPS) is 11.7. The van der Waals surface area contributed by atoms with Crippen LogP contribution in [-0.4, -0.2) is 20.7 Å². The number of nitrogens with zero attached hydrogens (tertiary/aromatic N) is 3. The predicted octanol–water partition coefficient (Wildman–Crippen LogP) is 5.18. The SMILES string of the molecule is Cn1nc(C(F)(F)F)cc1NC(=O)c1ccc2cc(-c3ccc(F)cc3F)cnc2c1. The Kier molecular flexibility index (Phi) is 4.92. The zero-order valence-corrected chi connectivity index (χ0v) is 15.8. The summed E-state index contributed by atoms with van der Waals surface area (Å²) in [5.41, 5.74) is 0.0625. The molecule has 158 valence electrons.